The normalized spacial score (nSPS) is 32.2. The van der Waals surface area contributed by atoms with Crippen LogP contribution in [0.15, 0.2) is 4.52 Å². The molecule has 5 heteroatoms. The second kappa shape index (κ2) is 2.89. The van der Waals surface area contributed by atoms with Crippen molar-refractivity contribution in [3.63, 3.8) is 0 Å². The molecule has 0 saturated heterocycles. The number of hydrogen-bond donors (Lipinski definition) is 1. The van der Waals surface area contributed by atoms with Crippen LogP contribution in [0.5, 0.6) is 0 Å². The second-order valence-electron chi connectivity index (χ2n) is 6.13. The van der Waals surface area contributed by atoms with Crippen molar-refractivity contribution in [3.05, 3.63) is 11.7 Å². The lowest BCUT2D eigenvalue weighted by Crippen LogP contribution is -2.03. The standard InChI is InChI=1S/C12H16N2O3/c1-11(2)6(7(11)9(15)16)8-13-10(14-17-8)12(3)4-5-12/h6-7H,4-5H2,1-3H3,(H,15,16). The number of rotatable bonds is 3. The third-order valence-electron chi connectivity index (χ3n) is 4.34. The lowest BCUT2D eigenvalue weighted by Gasteiger charge is -1.98. The first-order chi connectivity index (χ1) is 7.86. The first-order valence-corrected chi connectivity index (χ1v) is 5.93. The summed E-state index contributed by atoms with van der Waals surface area (Å²) in [6.45, 7) is 5.96. The van der Waals surface area contributed by atoms with Crippen LogP contribution in [-0.4, -0.2) is 21.2 Å². The van der Waals surface area contributed by atoms with Gasteiger partial charge in [0.1, 0.15) is 0 Å². The van der Waals surface area contributed by atoms with Crippen LogP contribution >= 0.6 is 0 Å². The molecule has 0 amide bonds. The van der Waals surface area contributed by atoms with Crippen LogP contribution in [0.4, 0.5) is 0 Å². The fraction of sp³-hybridized carbons (Fsp3) is 0.750. The summed E-state index contributed by atoms with van der Waals surface area (Å²) in [5.74, 6) is -0.0892. The summed E-state index contributed by atoms with van der Waals surface area (Å²) in [5.41, 5.74) is -0.209. The Hall–Kier alpha value is -1.39. The van der Waals surface area contributed by atoms with E-state index in [1.807, 2.05) is 13.8 Å². The van der Waals surface area contributed by atoms with Crippen LogP contribution in [0.25, 0.3) is 0 Å². The van der Waals surface area contributed by atoms with Gasteiger partial charge in [-0.25, -0.2) is 0 Å². The zero-order valence-corrected chi connectivity index (χ0v) is 10.2. The van der Waals surface area contributed by atoms with E-state index in [1.54, 1.807) is 0 Å². The topological polar surface area (TPSA) is 76.2 Å². The Morgan fingerprint density at radius 1 is 1.41 bits per heavy atom. The molecule has 0 aliphatic heterocycles. The van der Waals surface area contributed by atoms with Gasteiger partial charge in [0.25, 0.3) is 0 Å². The molecule has 17 heavy (non-hydrogen) atoms. The summed E-state index contributed by atoms with van der Waals surface area (Å²) in [4.78, 5) is 15.5. The molecule has 0 bridgehead atoms. The fourth-order valence-electron chi connectivity index (χ4n) is 2.58. The highest BCUT2D eigenvalue weighted by Gasteiger charge is 2.66. The van der Waals surface area contributed by atoms with Crippen molar-refractivity contribution in [2.24, 2.45) is 11.3 Å². The van der Waals surface area contributed by atoms with Crippen molar-refractivity contribution in [2.45, 2.75) is 44.9 Å². The molecule has 5 nitrogen and oxygen atoms in total. The minimum Gasteiger partial charge on any atom is -0.481 e. The van der Waals surface area contributed by atoms with E-state index in [-0.39, 0.29) is 16.7 Å². The van der Waals surface area contributed by atoms with Gasteiger partial charge in [0.2, 0.25) is 5.89 Å². The SMILES string of the molecule is CC1(c2noc(C3C(C(=O)O)C3(C)C)n2)CC1. The highest BCUT2D eigenvalue weighted by atomic mass is 16.5. The maximum absolute atomic E-state index is 11.1. The molecular formula is C12H16N2O3. The Bertz CT molecular complexity index is 488. The molecule has 1 aromatic rings. The fourth-order valence-corrected chi connectivity index (χ4v) is 2.58. The molecule has 1 N–H and O–H groups in total. The van der Waals surface area contributed by atoms with E-state index < -0.39 is 11.9 Å². The Labute approximate surface area is 99.2 Å². The molecule has 2 unspecified atom stereocenters. The third kappa shape index (κ3) is 1.41. The molecule has 3 rings (SSSR count). The first kappa shape index (κ1) is 10.7. The average Bonchev–Trinajstić information content (AvgIpc) is 3.02. The van der Waals surface area contributed by atoms with E-state index in [2.05, 4.69) is 17.1 Å². The second-order valence-corrected chi connectivity index (χ2v) is 6.13. The molecule has 2 atom stereocenters. The molecule has 1 heterocycles. The van der Waals surface area contributed by atoms with E-state index >= 15 is 0 Å². The zero-order valence-electron chi connectivity index (χ0n) is 10.2. The summed E-state index contributed by atoms with van der Waals surface area (Å²) in [7, 11) is 0. The summed E-state index contributed by atoms with van der Waals surface area (Å²) in [6, 6.07) is 0. The third-order valence-corrected chi connectivity index (χ3v) is 4.34. The number of hydrogen-bond acceptors (Lipinski definition) is 4. The molecule has 2 aliphatic carbocycles. The van der Waals surface area contributed by atoms with Crippen LogP contribution in [0.3, 0.4) is 0 Å². The van der Waals surface area contributed by atoms with Gasteiger partial charge in [-0.15, -0.1) is 0 Å². The van der Waals surface area contributed by atoms with Crippen molar-refractivity contribution in [2.75, 3.05) is 0 Å². The van der Waals surface area contributed by atoms with Gasteiger partial charge < -0.3 is 9.63 Å². The lowest BCUT2D eigenvalue weighted by atomic mass is 10.1. The highest BCUT2D eigenvalue weighted by molar-refractivity contribution is 5.77. The van der Waals surface area contributed by atoms with Gasteiger partial charge in [-0.1, -0.05) is 25.9 Å². The monoisotopic (exact) mass is 236 g/mol. The lowest BCUT2D eigenvalue weighted by molar-refractivity contribution is -0.139. The maximum Gasteiger partial charge on any atom is 0.307 e. The number of nitrogens with zero attached hydrogens (tertiary/aromatic N) is 2. The van der Waals surface area contributed by atoms with Crippen molar-refractivity contribution >= 4 is 5.97 Å². The van der Waals surface area contributed by atoms with E-state index in [0.717, 1.165) is 18.7 Å². The van der Waals surface area contributed by atoms with Gasteiger partial charge in [0, 0.05) is 5.41 Å². The van der Waals surface area contributed by atoms with Crippen LogP contribution in [-0.2, 0) is 10.2 Å². The van der Waals surface area contributed by atoms with Crippen molar-refractivity contribution < 1.29 is 14.4 Å². The first-order valence-electron chi connectivity index (χ1n) is 5.93. The predicted molar refractivity (Wildman–Crippen MR) is 58.5 cm³/mol. The number of aliphatic carboxylic acids is 1. The quantitative estimate of drug-likeness (QED) is 0.867. The number of aromatic nitrogens is 2. The molecule has 2 aliphatic rings. The van der Waals surface area contributed by atoms with Crippen molar-refractivity contribution in [1.82, 2.24) is 10.1 Å². The number of carboxylic acid groups (broad SMARTS) is 1. The number of carboxylic acids is 1. The minimum atomic E-state index is -0.780. The highest BCUT2D eigenvalue weighted by Crippen LogP contribution is 2.64. The summed E-state index contributed by atoms with van der Waals surface area (Å²) in [5, 5.41) is 13.1. The Morgan fingerprint density at radius 3 is 2.53 bits per heavy atom. The molecule has 2 fully saturated rings. The summed E-state index contributed by atoms with van der Waals surface area (Å²) < 4.78 is 5.25. The molecular weight excluding hydrogens is 220 g/mol. The van der Waals surface area contributed by atoms with Gasteiger partial charge in [-0.3, -0.25) is 4.79 Å². The van der Waals surface area contributed by atoms with Crippen molar-refractivity contribution in [1.29, 1.82) is 0 Å². The van der Waals surface area contributed by atoms with Crippen LogP contribution < -0.4 is 0 Å². The van der Waals surface area contributed by atoms with Gasteiger partial charge in [0.15, 0.2) is 5.82 Å². The van der Waals surface area contributed by atoms with Crippen molar-refractivity contribution in [3.8, 4) is 0 Å². The molecule has 0 radical (unpaired) electrons. The van der Waals surface area contributed by atoms with E-state index in [9.17, 15) is 4.79 Å². The number of carbonyl (C=O) groups is 1. The van der Waals surface area contributed by atoms with E-state index in [4.69, 9.17) is 9.63 Å². The van der Waals surface area contributed by atoms with E-state index in [0.29, 0.717) is 5.89 Å². The molecule has 0 aromatic carbocycles. The van der Waals surface area contributed by atoms with Crippen LogP contribution in [0.2, 0.25) is 0 Å². The molecule has 1 aromatic heterocycles. The van der Waals surface area contributed by atoms with Gasteiger partial charge in [0.05, 0.1) is 11.8 Å². The Kier molecular flexibility index (Phi) is 1.83. The minimum absolute atomic E-state index is 0.0690. The average molecular weight is 236 g/mol. The molecule has 2 saturated carbocycles. The summed E-state index contributed by atoms with van der Waals surface area (Å²) >= 11 is 0. The largest absolute Gasteiger partial charge is 0.481 e. The maximum atomic E-state index is 11.1. The Balaban J connectivity index is 1.87. The zero-order chi connectivity index (χ0) is 12.4. The summed E-state index contributed by atoms with van der Waals surface area (Å²) in [6.07, 6.45) is 2.17. The van der Waals surface area contributed by atoms with Crippen LogP contribution in [0, 0.1) is 11.3 Å². The van der Waals surface area contributed by atoms with Gasteiger partial charge in [-0.05, 0) is 18.3 Å². The van der Waals surface area contributed by atoms with Gasteiger partial charge in [-0.2, -0.15) is 4.98 Å². The van der Waals surface area contributed by atoms with Crippen LogP contribution in [0.1, 0.15) is 51.2 Å². The van der Waals surface area contributed by atoms with Gasteiger partial charge >= 0.3 is 5.97 Å². The predicted octanol–water partition coefficient (Wildman–Crippen LogP) is 1.95. The molecule has 0 spiro atoms. The molecule has 92 valence electrons. The Morgan fingerprint density at radius 2 is 2.06 bits per heavy atom. The smallest absolute Gasteiger partial charge is 0.307 e. The van der Waals surface area contributed by atoms with E-state index in [1.165, 1.54) is 0 Å².